The van der Waals surface area contributed by atoms with Crippen molar-refractivity contribution in [1.82, 2.24) is 9.62 Å². The number of hydrogen-bond acceptors (Lipinski definition) is 5. The van der Waals surface area contributed by atoms with Crippen molar-refractivity contribution < 1.29 is 14.3 Å². The summed E-state index contributed by atoms with van der Waals surface area (Å²) in [5.41, 5.74) is 1.96. The second-order valence-electron chi connectivity index (χ2n) is 5.67. The first kappa shape index (κ1) is 21.6. The molecule has 0 aromatic heterocycles. The summed E-state index contributed by atoms with van der Waals surface area (Å²) in [5.74, 6) is -0.819. The summed E-state index contributed by atoms with van der Waals surface area (Å²) in [6, 6.07) is 12.5. The summed E-state index contributed by atoms with van der Waals surface area (Å²) < 4.78 is 8.09. The van der Waals surface area contributed by atoms with E-state index in [9.17, 15) is 9.59 Å². The molecule has 0 spiro atoms. The zero-order valence-corrected chi connectivity index (χ0v) is 18.4. The molecule has 3 N–H and O–H groups in total. The van der Waals surface area contributed by atoms with E-state index in [0.717, 1.165) is 16.5 Å². The number of carbonyl (C=O) groups excluding carboxylic acids is 2. The van der Waals surface area contributed by atoms with E-state index >= 15 is 0 Å². The molecule has 2 aromatic rings. The largest absolute Gasteiger partial charge is 0.455 e. The van der Waals surface area contributed by atoms with Gasteiger partial charge < -0.3 is 19.7 Å². The number of nitrogens with one attached hydrogen (secondary N) is 3. The predicted molar refractivity (Wildman–Crippen MR) is 110 cm³/mol. The minimum atomic E-state index is -0.495. The van der Waals surface area contributed by atoms with Crippen LogP contribution in [0.3, 0.4) is 0 Å². The summed E-state index contributed by atoms with van der Waals surface area (Å²) >= 11 is 13.2. The van der Waals surface area contributed by atoms with Gasteiger partial charge in [-0.15, -0.1) is 0 Å². The van der Waals surface area contributed by atoms with Crippen molar-refractivity contribution in [1.29, 1.82) is 0 Å². The van der Waals surface area contributed by atoms with E-state index in [1.807, 2.05) is 18.2 Å². The Morgan fingerprint density at radius 1 is 1.00 bits per heavy atom. The van der Waals surface area contributed by atoms with Gasteiger partial charge >= 0.3 is 22.5 Å². The maximum Gasteiger partial charge on any atom is 0.318 e. The lowest BCUT2D eigenvalue weighted by Gasteiger charge is -2.14. The van der Waals surface area contributed by atoms with E-state index in [4.69, 9.17) is 27.9 Å². The highest BCUT2D eigenvalue weighted by molar-refractivity contribution is 6.39. The number of esters is 1. The molecule has 1 amide bonds. The Morgan fingerprint density at radius 3 is 2.41 bits per heavy atom. The molecule has 0 aliphatic rings. The summed E-state index contributed by atoms with van der Waals surface area (Å²) in [5, 5.41) is 6.77. The molecule has 6 nitrogen and oxygen atoms in total. The number of hydrogen-bond donors (Lipinski definition) is 3. The van der Waals surface area contributed by atoms with Crippen LogP contribution in [0.4, 0.5) is 11.4 Å². The molecule has 0 heterocycles. The fourth-order valence-corrected chi connectivity index (χ4v) is 3.02. The number of carbonyl (C=O) groups is 2. The number of benzene rings is 2. The fourth-order valence-electron chi connectivity index (χ4n) is 2.28. The first-order valence-electron chi connectivity index (χ1n) is 8.37. The van der Waals surface area contributed by atoms with Gasteiger partial charge in [0, 0.05) is 12.2 Å². The second kappa shape index (κ2) is 11.2. The zero-order valence-electron chi connectivity index (χ0n) is 14.9. The van der Waals surface area contributed by atoms with Crippen molar-refractivity contribution in [2.75, 3.05) is 25.0 Å². The molecule has 27 heavy (non-hydrogen) atoms. The molecule has 2 rings (SSSR count). The van der Waals surface area contributed by atoms with Crippen LogP contribution >= 0.6 is 23.2 Å². The molecule has 2 aromatic carbocycles. The zero-order chi connectivity index (χ0) is 19.6. The molecule has 0 saturated carbocycles. The van der Waals surface area contributed by atoms with Crippen LogP contribution in [0.25, 0.3) is 0 Å². The van der Waals surface area contributed by atoms with Crippen LogP contribution in [0.1, 0.15) is 5.56 Å². The quantitative estimate of drug-likeness (QED) is 0.327. The second-order valence-corrected chi connectivity index (χ2v) is 7.19. The van der Waals surface area contributed by atoms with Crippen LogP contribution in [-0.2, 0) is 20.7 Å². The number of rotatable bonds is 9. The van der Waals surface area contributed by atoms with Crippen LogP contribution in [-0.4, -0.2) is 48.1 Å². The van der Waals surface area contributed by atoms with Gasteiger partial charge in [-0.05, 0) is 30.3 Å². The van der Waals surface area contributed by atoms with Crippen molar-refractivity contribution in [3.63, 3.8) is 0 Å². The lowest BCUT2D eigenvalue weighted by Crippen LogP contribution is -2.34. The van der Waals surface area contributed by atoms with E-state index in [2.05, 4.69) is 14.9 Å². The van der Waals surface area contributed by atoms with Gasteiger partial charge in [0.25, 0.3) is 5.91 Å². The van der Waals surface area contributed by atoms with Gasteiger partial charge in [0.2, 0.25) is 0 Å². The van der Waals surface area contributed by atoms with Crippen LogP contribution in [0.2, 0.25) is 10.0 Å². The fraction of sp³-hybridized carbons (Fsp3) is 0.222. The number of ether oxygens (including phenoxy) is 1. The van der Waals surface area contributed by atoms with E-state index in [-0.39, 0.29) is 18.9 Å². The van der Waals surface area contributed by atoms with Gasteiger partial charge in [-0.2, -0.15) is 0 Å². The molecule has 0 aliphatic carbocycles. The van der Waals surface area contributed by atoms with Crippen molar-refractivity contribution in [2.45, 2.75) is 6.42 Å². The molecule has 0 unspecified atom stereocenters. The molecule has 0 saturated heterocycles. The maximum atomic E-state index is 12.1. The topological polar surface area (TPSA) is 79.5 Å². The third-order valence-electron chi connectivity index (χ3n) is 3.64. The van der Waals surface area contributed by atoms with E-state index in [1.54, 1.807) is 24.3 Å². The third kappa shape index (κ3) is 7.06. The van der Waals surface area contributed by atoms with Crippen LogP contribution in [0, 0.1) is 0 Å². The number of halogens is 2. The SMILES string of the molecule is O=C(COC(=O)Cc1ccccc1Nc1c(Cl)cccc1Cl)NCC[NH][AlH2]. The van der Waals surface area contributed by atoms with Crippen molar-refractivity contribution >= 4 is 63.0 Å². The molecule has 0 atom stereocenters. The maximum absolute atomic E-state index is 12.1. The monoisotopic (exact) mass is 423 g/mol. The lowest BCUT2D eigenvalue weighted by molar-refractivity contribution is -0.147. The smallest absolute Gasteiger partial charge is 0.318 e. The normalized spacial score (nSPS) is 10.3. The van der Waals surface area contributed by atoms with Gasteiger partial charge in [-0.25, -0.2) is 0 Å². The van der Waals surface area contributed by atoms with Crippen molar-refractivity contribution in [2.24, 2.45) is 0 Å². The van der Waals surface area contributed by atoms with Gasteiger partial charge in [-0.1, -0.05) is 47.5 Å². The van der Waals surface area contributed by atoms with E-state index in [0.29, 0.717) is 40.1 Å². The van der Waals surface area contributed by atoms with Gasteiger partial charge in [0.1, 0.15) is 0 Å². The molecule has 0 aliphatic heterocycles. The predicted octanol–water partition coefficient (Wildman–Crippen LogP) is 2.08. The lowest BCUT2D eigenvalue weighted by atomic mass is 10.1. The molecular weight excluding hydrogens is 404 g/mol. The number of para-hydroxylation sites is 2. The highest BCUT2D eigenvalue weighted by Crippen LogP contribution is 2.33. The third-order valence-corrected chi connectivity index (χ3v) is 4.77. The average molecular weight is 424 g/mol. The van der Waals surface area contributed by atoms with Gasteiger partial charge in [-0.3, -0.25) is 9.59 Å². The first-order chi connectivity index (χ1) is 13.0. The summed E-state index contributed by atoms with van der Waals surface area (Å²) in [6.45, 7) is 0.909. The molecular formula is C18H20AlCl2N3O3. The Balaban J connectivity index is 1.97. The number of anilines is 2. The van der Waals surface area contributed by atoms with Crippen molar-refractivity contribution in [3.05, 3.63) is 58.1 Å². The Bertz CT molecular complexity index is 785. The average Bonchev–Trinajstić information content (AvgIpc) is 2.65. The van der Waals surface area contributed by atoms with Crippen LogP contribution in [0.5, 0.6) is 0 Å². The molecule has 9 heteroatoms. The minimum absolute atomic E-state index is 0.0145. The Hall–Kier alpha value is -1.75. The van der Waals surface area contributed by atoms with E-state index in [1.165, 1.54) is 0 Å². The van der Waals surface area contributed by atoms with E-state index < -0.39 is 5.97 Å². The number of amides is 1. The van der Waals surface area contributed by atoms with Crippen LogP contribution in [0.15, 0.2) is 42.5 Å². The highest BCUT2D eigenvalue weighted by atomic mass is 35.5. The molecule has 142 valence electrons. The Kier molecular flexibility index (Phi) is 8.92. The Labute approximate surface area is 176 Å². The van der Waals surface area contributed by atoms with Gasteiger partial charge in [0.15, 0.2) is 6.61 Å². The highest BCUT2D eigenvalue weighted by Gasteiger charge is 2.13. The molecule has 0 radical (unpaired) electrons. The van der Waals surface area contributed by atoms with Gasteiger partial charge in [0.05, 0.1) is 22.2 Å². The summed E-state index contributed by atoms with van der Waals surface area (Å²) in [4.78, 5) is 23.7. The standard InChI is InChI=1S/C18H18Cl2N3O3.Al.2H/c19-13-5-3-6-14(20)18(13)23-15-7-2-1-4-12(15)10-17(25)26-11-16(24)22-9-8-21;;;/h1-7,21,23H,8-11H2,(H,22,24);;;/q-1;+1;;. The molecule has 0 bridgehead atoms. The molecule has 0 fully saturated rings. The van der Waals surface area contributed by atoms with Crippen LogP contribution < -0.4 is 14.9 Å². The Morgan fingerprint density at radius 2 is 1.70 bits per heavy atom. The minimum Gasteiger partial charge on any atom is -0.455 e. The first-order valence-corrected chi connectivity index (χ1v) is 10.1. The summed E-state index contributed by atoms with van der Waals surface area (Å²) in [7, 11) is 0. The summed E-state index contributed by atoms with van der Waals surface area (Å²) in [6.07, 6.45) is 0.0145. The van der Waals surface area contributed by atoms with Crippen molar-refractivity contribution in [3.8, 4) is 0 Å².